The molecule has 0 saturated carbocycles. The summed E-state index contributed by atoms with van der Waals surface area (Å²) in [7, 11) is 0. The van der Waals surface area contributed by atoms with Gasteiger partial charge in [-0.3, -0.25) is 14.2 Å². The highest BCUT2D eigenvalue weighted by Gasteiger charge is 2.15. The maximum Gasteiger partial charge on any atom is 0.420 e. The number of hydrogen-bond donors (Lipinski definition) is 0. The summed E-state index contributed by atoms with van der Waals surface area (Å²) >= 11 is 0. The van der Waals surface area contributed by atoms with Crippen LogP contribution in [-0.2, 0) is 6.54 Å². The van der Waals surface area contributed by atoms with Crippen molar-refractivity contribution in [3.05, 3.63) is 69.2 Å². The van der Waals surface area contributed by atoms with Gasteiger partial charge in [-0.15, -0.1) is 0 Å². The largest absolute Gasteiger partial charge is 0.420 e. The van der Waals surface area contributed by atoms with Crippen molar-refractivity contribution in [1.82, 2.24) is 4.57 Å². The number of aryl methyl sites for hydroxylation is 2. The molecule has 0 aliphatic carbocycles. The second kappa shape index (κ2) is 5.92. The fourth-order valence-corrected chi connectivity index (χ4v) is 2.58. The smallest absolute Gasteiger partial charge is 0.408 e. The predicted octanol–water partition coefficient (Wildman–Crippen LogP) is 3.30. The lowest BCUT2D eigenvalue weighted by molar-refractivity contribution is 0.0969. The van der Waals surface area contributed by atoms with Crippen LogP contribution in [0.1, 0.15) is 38.8 Å². The minimum atomic E-state index is -0.608. The van der Waals surface area contributed by atoms with E-state index in [2.05, 4.69) is 0 Å². The first-order valence-electron chi connectivity index (χ1n) is 7.61. The molecule has 0 aliphatic rings. The zero-order chi connectivity index (χ0) is 17.4. The normalized spacial score (nSPS) is 11.0. The van der Waals surface area contributed by atoms with Crippen molar-refractivity contribution >= 4 is 22.7 Å². The number of oxazole rings is 1. The van der Waals surface area contributed by atoms with E-state index in [1.54, 1.807) is 18.2 Å². The fraction of sp³-hybridized carbons (Fsp3) is 0.211. The molecule has 0 saturated heterocycles. The molecule has 0 aliphatic heterocycles. The number of hydrogen-bond acceptors (Lipinski definition) is 4. The highest BCUT2D eigenvalue weighted by Crippen LogP contribution is 2.17. The van der Waals surface area contributed by atoms with Gasteiger partial charge < -0.3 is 4.42 Å². The fourth-order valence-electron chi connectivity index (χ4n) is 2.58. The van der Waals surface area contributed by atoms with Crippen LogP contribution in [0.5, 0.6) is 0 Å². The monoisotopic (exact) mass is 323 g/mol. The lowest BCUT2D eigenvalue weighted by Gasteiger charge is -2.05. The molecular formula is C19H17NO4. The molecule has 24 heavy (non-hydrogen) atoms. The van der Waals surface area contributed by atoms with Crippen molar-refractivity contribution in [1.29, 1.82) is 0 Å². The number of Topliss-reactive ketones (excluding diaryl/α,β-unsaturated/α-hetero) is 2. The zero-order valence-electron chi connectivity index (χ0n) is 13.8. The van der Waals surface area contributed by atoms with Crippen LogP contribution in [0.4, 0.5) is 0 Å². The molecule has 5 heteroatoms. The summed E-state index contributed by atoms with van der Waals surface area (Å²) in [4.78, 5) is 36.0. The third-order valence-electron chi connectivity index (χ3n) is 4.21. The number of benzene rings is 2. The summed E-state index contributed by atoms with van der Waals surface area (Å²) in [5.41, 5.74) is 3.96. The molecule has 0 bridgehead atoms. The van der Waals surface area contributed by atoms with E-state index in [4.69, 9.17) is 4.42 Å². The van der Waals surface area contributed by atoms with E-state index in [1.807, 2.05) is 26.0 Å². The first-order chi connectivity index (χ1) is 11.4. The number of nitrogens with zero attached hydrogens (tertiary/aromatic N) is 1. The molecule has 3 rings (SSSR count). The van der Waals surface area contributed by atoms with Gasteiger partial charge in [0, 0.05) is 11.1 Å². The molecule has 0 spiro atoms. The van der Waals surface area contributed by atoms with Crippen LogP contribution < -0.4 is 5.76 Å². The number of carbonyl (C=O) groups is 2. The molecule has 0 N–H and O–H groups in total. The van der Waals surface area contributed by atoms with Crippen LogP contribution in [-0.4, -0.2) is 16.1 Å². The molecule has 0 radical (unpaired) electrons. The van der Waals surface area contributed by atoms with Crippen LogP contribution >= 0.6 is 0 Å². The second-order valence-corrected chi connectivity index (χ2v) is 5.92. The van der Waals surface area contributed by atoms with Crippen LogP contribution in [0.15, 0.2) is 45.6 Å². The highest BCUT2D eigenvalue weighted by molar-refractivity contribution is 5.98. The van der Waals surface area contributed by atoms with Gasteiger partial charge in [0.25, 0.3) is 0 Å². The average molecular weight is 323 g/mol. The van der Waals surface area contributed by atoms with Gasteiger partial charge in [0.15, 0.2) is 17.1 Å². The third-order valence-corrected chi connectivity index (χ3v) is 4.21. The Kier molecular flexibility index (Phi) is 3.93. The van der Waals surface area contributed by atoms with E-state index < -0.39 is 5.76 Å². The molecule has 0 atom stereocenters. The molecule has 122 valence electrons. The summed E-state index contributed by atoms with van der Waals surface area (Å²) in [6.45, 7) is 5.26. The van der Waals surface area contributed by atoms with E-state index >= 15 is 0 Å². The Morgan fingerprint density at radius 2 is 1.71 bits per heavy atom. The van der Waals surface area contributed by atoms with Crippen LogP contribution in [0.25, 0.3) is 11.1 Å². The highest BCUT2D eigenvalue weighted by atomic mass is 16.4. The van der Waals surface area contributed by atoms with E-state index in [0.29, 0.717) is 22.2 Å². The third kappa shape index (κ3) is 2.80. The van der Waals surface area contributed by atoms with Crippen molar-refractivity contribution in [2.45, 2.75) is 27.3 Å². The summed E-state index contributed by atoms with van der Waals surface area (Å²) in [5.74, 6) is -0.889. The first-order valence-corrected chi connectivity index (χ1v) is 7.61. The van der Waals surface area contributed by atoms with Crippen molar-refractivity contribution in [3.63, 3.8) is 0 Å². The molecular weight excluding hydrogens is 306 g/mol. The average Bonchev–Trinajstić information content (AvgIpc) is 2.85. The summed E-state index contributed by atoms with van der Waals surface area (Å²) in [6.07, 6.45) is 0. The van der Waals surface area contributed by atoms with Gasteiger partial charge in [0.2, 0.25) is 0 Å². The Labute approximate surface area is 138 Å². The number of fused-ring (bicyclic) bond motifs is 1. The molecule has 3 aromatic rings. The summed E-state index contributed by atoms with van der Waals surface area (Å²) in [6, 6.07) is 10.2. The van der Waals surface area contributed by atoms with Gasteiger partial charge in [-0.2, -0.15) is 0 Å². The van der Waals surface area contributed by atoms with E-state index in [0.717, 1.165) is 11.1 Å². The van der Waals surface area contributed by atoms with Gasteiger partial charge >= 0.3 is 5.76 Å². The minimum absolute atomic E-state index is 0.103. The first kappa shape index (κ1) is 15.9. The van der Waals surface area contributed by atoms with E-state index in [1.165, 1.54) is 17.6 Å². The Bertz CT molecular complexity index is 1020. The Morgan fingerprint density at radius 3 is 2.38 bits per heavy atom. The lowest BCUT2D eigenvalue weighted by atomic mass is 10.0. The molecule has 5 nitrogen and oxygen atoms in total. The number of rotatable bonds is 4. The predicted molar refractivity (Wildman–Crippen MR) is 90.7 cm³/mol. The molecule has 1 aromatic heterocycles. The van der Waals surface area contributed by atoms with Crippen molar-refractivity contribution in [3.8, 4) is 0 Å². The second-order valence-electron chi connectivity index (χ2n) is 5.92. The molecule has 0 amide bonds. The molecule has 2 aromatic carbocycles. The van der Waals surface area contributed by atoms with Crippen molar-refractivity contribution in [2.75, 3.05) is 0 Å². The molecule has 0 unspecified atom stereocenters. The van der Waals surface area contributed by atoms with E-state index in [-0.39, 0.29) is 18.1 Å². The summed E-state index contributed by atoms with van der Waals surface area (Å²) in [5, 5.41) is 0. The van der Waals surface area contributed by atoms with Crippen LogP contribution in [0, 0.1) is 13.8 Å². The summed E-state index contributed by atoms with van der Waals surface area (Å²) < 4.78 is 6.46. The van der Waals surface area contributed by atoms with Crippen molar-refractivity contribution < 1.29 is 14.0 Å². The Balaban J connectivity index is 1.99. The van der Waals surface area contributed by atoms with Crippen molar-refractivity contribution in [2.24, 2.45) is 0 Å². The molecule has 1 heterocycles. The van der Waals surface area contributed by atoms with Gasteiger partial charge in [0.05, 0.1) is 12.1 Å². The van der Waals surface area contributed by atoms with Gasteiger partial charge in [-0.25, -0.2) is 4.79 Å². The minimum Gasteiger partial charge on any atom is -0.408 e. The maximum absolute atomic E-state index is 12.5. The van der Waals surface area contributed by atoms with Crippen LogP contribution in [0.2, 0.25) is 0 Å². The van der Waals surface area contributed by atoms with E-state index in [9.17, 15) is 14.4 Å². The molecule has 0 fully saturated rings. The number of ketones is 2. The SMILES string of the molecule is CC(=O)c1ccc2c(c1)oc(=O)n2CC(=O)c1ccc(C)c(C)c1. The van der Waals surface area contributed by atoms with Gasteiger partial charge in [0.1, 0.15) is 0 Å². The topological polar surface area (TPSA) is 69.3 Å². The standard InChI is InChI=1S/C19H17NO4/c1-11-4-5-15(8-12(11)2)17(22)10-20-16-7-6-14(13(3)21)9-18(16)24-19(20)23/h4-9H,10H2,1-3H3. The number of aromatic nitrogens is 1. The Morgan fingerprint density at radius 1 is 1.00 bits per heavy atom. The van der Waals surface area contributed by atoms with Crippen LogP contribution in [0.3, 0.4) is 0 Å². The maximum atomic E-state index is 12.5. The quantitative estimate of drug-likeness (QED) is 0.691. The van der Waals surface area contributed by atoms with Gasteiger partial charge in [-0.1, -0.05) is 12.1 Å². The number of carbonyl (C=O) groups excluding carboxylic acids is 2. The lowest BCUT2D eigenvalue weighted by Crippen LogP contribution is -2.20. The van der Waals surface area contributed by atoms with Gasteiger partial charge in [-0.05, 0) is 56.2 Å². The Hall–Kier alpha value is -2.95. The zero-order valence-corrected chi connectivity index (χ0v) is 13.8.